The number of carbonyl (C=O) groups is 4. The molecule has 0 radical (unpaired) electrons. The molecule has 1 atom stereocenters. The van der Waals surface area contributed by atoms with Crippen LogP contribution in [0.2, 0.25) is 5.02 Å². The number of alkyl halides is 3. The molecule has 0 fully saturated rings. The third-order valence-corrected chi connectivity index (χ3v) is 7.27. The van der Waals surface area contributed by atoms with Crippen molar-refractivity contribution in [2.45, 2.75) is 25.6 Å². The largest absolute Gasteiger partial charge is 0.491 e. The molecule has 0 bridgehead atoms. The first-order valence-electron chi connectivity index (χ1n) is 13.5. The summed E-state index contributed by atoms with van der Waals surface area (Å²) in [7, 11) is 0. The highest BCUT2D eigenvalue weighted by Crippen LogP contribution is 2.28. The molecule has 1 aromatic heterocycles. The van der Waals surface area contributed by atoms with Crippen molar-refractivity contribution in [3.8, 4) is 0 Å². The topological polar surface area (TPSA) is 129 Å². The zero-order chi connectivity index (χ0) is 32.3. The maximum absolute atomic E-state index is 13.7. The fraction of sp³-hybridized carbons (Fsp3) is 0.125. The molecular weight excluding hydrogens is 613 g/mol. The predicted molar refractivity (Wildman–Crippen MR) is 163 cm³/mol. The number of H-pyrrole nitrogens is 1. The predicted octanol–water partition coefficient (Wildman–Crippen LogP) is 6.90. The van der Waals surface area contributed by atoms with Crippen molar-refractivity contribution < 1.29 is 37.1 Å². The minimum Gasteiger partial charge on any atom is -0.385 e. The van der Waals surface area contributed by atoms with E-state index in [-0.39, 0.29) is 22.7 Å². The summed E-state index contributed by atoms with van der Waals surface area (Å²) >= 11 is 6.24. The lowest BCUT2D eigenvalue weighted by molar-refractivity contribution is -0.202. The van der Waals surface area contributed by atoms with Crippen molar-refractivity contribution in [3.05, 3.63) is 107 Å². The van der Waals surface area contributed by atoms with Crippen LogP contribution in [0.1, 0.15) is 21.5 Å². The average Bonchev–Trinajstić information content (AvgIpc) is 3.40. The van der Waals surface area contributed by atoms with Crippen molar-refractivity contribution in [2.24, 2.45) is 0 Å². The van der Waals surface area contributed by atoms with Gasteiger partial charge in [0.05, 0.1) is 22.0 Å². The Labute approximate surface area is 258 Å². The first-order chi connectivity index (χ1) is 21.4. The molecule has 230 valence electrons. The maximum atomic E-state index is 13.7. The third-order valence-electron chi connectivity index (χ3n) is 6.95. The molecule has 0 aliphatic rings. The highest BCUT2D eigenvalue weighted by molar-refractivity contribution is 6.34. The number of aromatic amines is 1. The third kappa shape index (κ3) is 7.07. The molecule has 13 heteroatoms. The minimum atomic E-state index is -5.44. The molecule has 3 amide bonds. The summed E-state index contributed by atoms with van der Waals surface area (Å²) in [6.45, 7) is 1.74. The Bertz CT molecular complexity index is 1940. The molecule has 1 heterocycles. The van der Waals surface area contributed by atoms with Gasteiger partial charge in [0.25, 0.3) is 5.91 Å². The molecule has 45 heavy (non-hydrogen) atoms. The summed E-state index contributed by atoms with van der Waals surface area (Å²) in [5.41, 5.74) is 2.09. The van der Waals surface area contributed by atoms with Crippen LogP contribution in [-0.4, -0.2) is 41.1 Å². The lowest BCUT2D eigenvalue weighted by atomic mass is 10.0. The highest BCUT2D eigenvalue weighted by Gasteiger charge is 2.43. The monoisotopic (exact) mass is 636 g/mol. The highest BCUT2D eigenvalue weighted by atomic mass is 35.5. The number of urea groups is 1. The van der Waals surface area contributed by atoms with Gasteiger partial charge in [-0.3, -0.25) is 4.79 Å². The van der Waals surface area contributed by atoms with Gasteiger partial charge in [0, 0.05) is 23.5 Å². The molecule has 5 aromatic rings. The van der Waals surface area contributed by atoms with Crippen molar-refractivity contribution in [1.82, 2.24) is 10.3 Å². The van der Waals surface area contributed by atoms with E-state index in [4.69, 9.17) is 11.6 Å². The normalized spacial score (nSPS) is 12.0. The van der Waals surface area contributed by atoms with Gasteiger partial charge >= 0.3 is 24.1 Å². The van der Waals surface area contributed by atoms with Crippen LogP contribution in [0.5, 0.6) is 0 Å². The zero-order valence-electron chi connectivity index (χ0n) is 23.4. The first-order valence-corrected chi connectivity index (χ1v) is 13.8. The Hall–Kier alpha value is -5.36. The number of hydrogen-bond acceptors (Lipinski definition) is 5. The number of benzene rings is 4. The number of halogens is 4. The number of aryl methyl sites for hydroxylation is 1. The number of aromatic nitrogens is 1. The summed E-state index contributed by atoms with van der Waals surface area (Å²) in [5.74, 6) is -5.25. The van der Waals surface area contributed by atoms with E-state index in [9.17, 15) is 32.3 Å². The van der Waals surface area contributed by atoms with Crippen LogP contribution >= 0.6 is 11.6 Å². The molecule has 0 saturated carbocycles. The average molecular weight is 637 g/mol. The van der Waals surface area contributed by atoms with Crippen LogP contribution in [0.15, 0.2) is 85.1 Å². The number of carbonyl (C=O) groups excluding carboxylic acids is 4. The second kappa shape index (κ2) is 12.7. The molecule has 4 aromatic carbocycles. The molecule has 4 N–H and O–H groups in total. The van der Waals surface area contributed by atoms with Gasteiger partial charge in [0.15, 0.2) is 0 Å². The Morgan fingerprint density at radius 2 is 1.60 bits per heavy atom. The fourth-order valence-electron chi connectivity index (χ4n) is 4.76. The number of esters is 2. The number of anilines is 2. The zero-order valence-corrected chi connectivity index (χ0v) is 24.2. The number of fused-ring (bicyclic) bond motifs is 2. The first kappa shape index (κ1) is 31.1. The standard InChI is InChI=1S/C32H24ClF3N4O5/c1-17-7-6-11-23(33)27(17)40-31(44)39-25-14-19-9-3-2-8-18(19)13-22(25)28(41)38-26(29(42)45-30(43)32(34,35)36)15-20-16-37-24-12-5-4-10-21(20)24/h2-14,16,26,37H,15H2,1H3,(H,38,41)(H2,39,40,44)/t26-/m0/s1. The van der Waals surface area contributed by atoms with Crippen LogP contribution in [0, 0.1) is 6.92 Å². The van der Waals surface area contributed by atoms with Crippen LogP contribution in [0.4, 0.5) is 29.3 Å². The number of amides is 3. The van der Waals surface area contributed by atoms with Gasteiger partial charge in [-0.2, -0.15) is 13.2 Å². The molecule has 0 saturated heterocycles. The van der Waals surface area contributed by atoms with Crippen LogP contribution < -0.4 is 16.0 Å². The Morgan fingerprint density at radius 3 is 2.31 bits per heavy atom. The Balaban J connectivity index is 1.47. The number of hydrogen-bond donors (Lipinski definition) is 4. The smallest absolute Gasteiger partial charge is 0.385 e. The number of para-hydroxylation sites is 2. The fourth-order valence-corrected chi connectivity index (χ4v) is 5.03. The summed E-state index contributed by atoms with van der Waals surface area (Å²) in [4.78, 5) is 54.2. The second-order valence-electron chi connectivity index (χ2n) is 10.1. The van der Waals surface area contributed by atoms with Gasteiger partial charge in [-0.15, -0.1) is 0 Å². The molecule has 0 spiro atoms. The maximum Gasteiger partial charge on any atom is 0.491 e. The number of ether oxygens (including phenoxy) is 1. The lowest BCUT2D eigenvalue weighted by Crippen LogP contribution is -2.45. The molecule has 0 aliphatic heterocycles. The SMILES string of the molecule is Cc1cccc(Cl)c1NC(=O)Nc1cc2ccccc2cc1C(=O)N[C@@H](Cc1c[nH]c2ccccc12)C(=O)OC(=O)C(F)(F)F. The van der Waals surface area contributed by atoms with Gasteiger partial charge in [-0.05, 0) is 53.1 Å². The minimum absolute atomic E-state index is 0.0268. The molecule has 0 unspecified atom stereocenters. The Kier molecular flexibility index (Phi) is 8.77. The molecule has 9 nitrogen and oxygen atoms in total. The van der Waals surface area contributed by atoms with Crippen molar-refractivity contribution >= 4 is 68.5 Å². The van der Waals surface area contributed by atoms with E-state index < -0.39 is 36.1 Å². The van der Waals surface area contributed by atoms with E-state index in [1.807, 2.05) is 0 Å². The van der Waals surface area contributed by atoms with Crippen LogP contribution in [-0.2, 0) is 20.7 Å². The summed E-state index contributed by atoms with van der Waals surface area (Å²) in [6.07, 6.45) is -4.22. The van der Waals surface area contributed by atoms with E-state index in [1.54, 1.807) is 73.7 Å². The van der Waals surface area contributed by atoms with Gasteiger partial charge in [0.1, 0.15) is 6.04 Å². The lowest BCUT2D eigenvalue weighted by Gasteiger charge is -2.19. The Morgan fingerprint density at radius 1 is 0.911 bits per heavy atom. The summed E-state index contributed by atoms with van der Waals surface area (Å²) in [6, 6.07) is 19.5. The van der Waals surface area contributed by atoms with E-state index >= 15 is 0 Å². The van der Waals surface area contributed by atoms with E-state index in [0.29, 0.717) is 38.5 Å². The molecular formula is C32H24ClF3N4O5. The van der Waals surface area contributed by atoms with Gasteiger partial charge in [-0.1, -0.05) is 66.2 Å². The van der Waals surface area contributed by atoms with E-state index in [0.717, 1.165) is 0 Å². The second-order valence-corrected chi connectivity index (χ2v) is 10.5. The van der Waals surface area contributed by atoms with Crippen LogP contribution in [0.25, 0.3) is 21.7 Å². The molecule has 0 aliphatic carbocycles. The van der Waals surface area contributed by atoms with Crippen molar-refractivity contribution in [1.29, 1.82) is 0 Å². The van der Waals surface area contributed by atoms with E-state index in [2.05, 4.69) is 25.7 Å². The number of rotatable bonds is 7. The van der Waals surface area contributed by atoms with Crippen molar-refractivity contribution in [2.75, 3.05) is 10.6 Å². The summed E-state index contributed by atoms with van der Waals surface area (Å²) in [5, 5.41) is 9.85. The molecule has 5 rings (SSSR count). The van der Waals surface area contributed by atoms with Crippen LogP contribution in [0.3, 0.4) is 0 Å². The van der Waals surface area contributed by atoms with E-state index in [1.165, 1.54) is 18.3 Å². The summed E-state index contributed by atoms with van der Waals surface area (Å²) < 4.78 is 42.9. The van der Waals surface area contributed by atoms with Gasteiger partial charge in [-0.25, -0.2) is 14.4 Å². The van der Waals surface area contributed by atoms with Gasteiger partial charge in [0.2, 0.25) is 0 Å². The van der Waals surface area contributed by atoms with Gasteiger partial charge < -0.3 is 25.7 Å². The van der Waals surface area contributed by atoms with Crippen molar-refractivity contribution in [3.63, 3.8) is 0 Å². The quantitative estimate of drug-likeness (QED) is 0.114. The number of nitrogens with one attached hydrogen (secondary N) is 4.